The van der Waals surface area contributed by atoms with E-state index < -0.39 is 11.9 Å². The number of anilines is 2. The highest BCUT2D eigenvalue weighted by Crippen LogP contribution is 2.38. The molecule has 2 aromatic carbocycles. The Labute approximate surface area is 207 Å². The van der Waals surface area contributed by atoms with Gasteiger partial charge in [-0.2, -0.15) is 0 Å². The molecule has 2 fully saturated rings. The maximum Gasteiger partial charge on any atom is 0.326 e. The van der Waals surface area contributed by atoms with Gasteiger partial charge in [0.15, 0.2) is 0 Å². The molecule has 0 radical (unpaired) electrons. The Kier molecular flexibility index (Phi) is 7.12. The van der Waals surface area contributed by atoms with Crippen molar-refractivity contribution in [1.29, 1.82) is 0 Å². The van der Waals surface area contributed by atoms with Gasteiger partial charge in [0.05, 0.1) is 5.92 Å². The van der Waals surface area contributed by atoms with Crippen LogP contribution in [0.4, 0.5) is 16.2 Å². The highest BCUT2D eigenvalue weighted by Gasteiger charge is 2.43. The summed E-state index contributed by atoms with van der Waals surface area (Å²) < 4.78 is 0. The first-order valence-electron chi connectivity index (χ1n) is 12.1. The summed E-state index contributed by atoms with van der Waals surface area (Å²) in [7, 11) is 5.77. The van der Waals surface area contributed by atoms with Crippen LogP contribution >= 0.6 is 0 Å². The summed E-state index contributed by atoms with van der Waals surface area (Å²) in [5.74, 6) is -0.329. The van der Waals surface area contributed by atoms with Crippen LogP contribution in [-0.2, 0) is 4.79 Å². The molecule has 3 N–H and O–H groups in total. The van der Waals surface area contributed by atoms with Crippen molar-refractivity contribution >= 4 is 29.2 Å². The maximum absolute atomic E-state index is 13.3. The number of imide groups is 1. The summed E-state index contributed by atoms with van der Waals surface area (Å²) >= 11 is 0. The molecule has 4 rings (SSSR count). The molecule has 8 nitrogen and oxygen atoms in total. The van der Waals surface area contributed by atoms with Crippen LogP contribution in [0.2, 0.25) is 0 Å². The molecule has 4 amide bonds. The van der Waals surface area contributed by atoms with Crippen LogP contribution in [0.3, 0.4) is 0 Å². The van der Waals surface area contributed by atoms with Gasteiger partial charge in [-0.05, 0) is 80.1 Å². The fraction of sp³-hybridized carbons (Fsp3) is 0.444. The summed E-state index contributed by atoms with van der Waals surface area (Å²) in [4.78, 5) is 42.5. The predicted molar refractivity (Wildman–Crippen MR) is 138 cm³/mol. The molecule has 0 aliphatic carbocycles. The number of likely N-dealkylation sites (N-methyl/N-ethyl adjacent to an activating group) is 1. The van der Waals surface area contributed by atoms with Crippen LogP contribution in [-0.4, -0.2) is 62.5 Å². The molecular weight excluding hydrogens is 442 g/mol. The summed E-state index contributed by atoms with van der Waals surface area (Å²) in [6.45, 7) is 5.00. The molecule has 4 unspecified atom stereocenters. The molecule has 0 aromatic heterocycles. The monoisotopic (exact) mass is 477 g/mol. The van der Waals surface area contributed by atoms with E-state index in [1.54, 1.807) is 24.3 Å². The normalized spacial score (nSPS) is 23.9. The van der Waals surface area contributed by atoms with Crippen LogP contribution < -0.4 is 20.9 Å². The zero-order valence-corrected chi connectivity index (χ0v) is 21.1. The second kappa shape index (κ2) is 10.1. The molecule has 186 valence electrons. The number of carbonyl (C=O) groups excluding carboxylic acids is 3. The SMILES string of the molecule is Cc1ccc(C(=O)NC(=O)Nc2ccc(N(C)C)cc2)cc1C1CC2CNC(C)CC2N(C)C1=O. The largest absolute Gasteiger partial charge is 0.378 e. The fourth-order valence-electron chi connectivity index (χ4n) is 5.25. The minimum Gasteiger partial charge on any atom is -0.378 e. The van der Waals surface area contributed by atoms with Crippen molar-refractivity contribution < 1.29 is 14.4 Å². The molecule has 0 saturated carbocycles. The Hall–Kier alpha value is -3.39. The van der Waals surface area contributed by atoms with Crippen molar-refractivity contribution in [3.8, 4) is 0 Å². The maximum atomic E-state index is 13.3. The number of nitrogens with one attached hydrogen (secondary N) is 3. The number of carbonyl (C=O) groups is 3. The van der Waals surface area contributed by atoms with Crippen LogP contribution in [0.25, 0.3) is 0 Å². The molecule has 2 aliphatic heterocycles. The number of nitrogens with zero attached hydrogens (tertiary/aromatic N) is 2. The number of amides is 4. The lowest BCUT2D eigenvalue weighted by molar-refractivity contribution is -0.140. The lowest BCUT2D eigenvalue weighted by atomic mass is 9.75. The first kappa shape index (κ1) is 24.7. The second-order valence-corrected chi connectivity index (χ2v) is 10.0. The number of piperidine rings is 2. The van der Waals surface area contributed by atoms with Crippen molar-refractivity contribution in [2.24, 2.45) is 5.92 Å². The van der Waals surface area contributed by atoms with E-state index >= 15 is 0 Å². The molecule has 2 saturated heterocycles. The van der Waals surface area contributed by atoms with Gasteiger partial charge in [-0.3, -0.25) is 14.9 Å². The number of rotatable bonds is 4. The summed E-state index contributed by atoms with van der Waals surface area (Å²) in [5.41, 5.74) is 3.77. The van der Waals surface area contributed by atoms with Gasteiger partial charge >= 0.3 is 6.03 Å². The number of fused-ring (bicyclic) bond motifs is 1. The summed E-state index contributed by atoms with van der Waals surface area (Å²) in [6.07, 6.45) is 1.71. The topological polar surface area (TPSA) is 93.8 Å². The van der Waals surface area contributed by atoms with Crippen molar-refractivity contribution in [1.82, 2.24) is 15.5 Å². The van der Waals surface area contributed by atoms with Crippen molar-refractivity contribution in [3.63, 3.8) is 0 Å². The van der Waals surface area contributed by atoms with E-state index in [-0.39, 0.29) is 17.9 Å². The molecule has 0 spiro atoms. The number of aryl methyl sites for hydroxylation is 1. The van der Waals surface area contributed by atoms with Crippen LogP contribution in [0, 0.1) is 12.8 Å². The molecule has 2 heterocycles. The minimum absolute atomic E-state index is 0.0972. The molecule has 4 atom stereocenters. The van der Waals surface area contributed by atoms with Gasteiger partial charge in [-0.1, -0.05) is 6.07 Å². The van der Waals surface area contributed by atoms with Gasteiger partial charge in [0.2, 0.25) is 5.91 Å². The Morgan fingerprint density at radius 2 is 1.80 bits per heavy atom. The zero-order chi connectivity index (χ0) is 25.3. The Morgan fingerprint density at radius 3 is 2.49 bits per heavy atom. The van der Waals surface area contributed by atoms with Crippen LogP contribution in [0.5, 0.6) is 0 Å². The van der Waals surface area contributed by atoms with E-state index in [0.29, 0.717) is 23.2 Å². The summed E-state index contributed by atoms with van der Waals surface area (Å²) in [5, 5.41) is 8.62. The van der Waals surface area contributed by atoms with E-state index in [1.807, 2.05) is 56.1 Å². The number of hydrogen-bond acceptors (Lipinski definition) is 5. The van der Waals surface area contributed by atoms with Gasteiger partial charge < -0.3 is 20.4 Å². The van der Waals surface area contributed by atoms with E-state index in [9.17, 15) is 14.4 Å². The molecule has 0 bridgehead atoms. The number of urea groups is 1. The third kappa shape index (κ3) is 5.32. The van der Waals surface area contributed by atoms with Crippen molar-refractivity contribution in [2.45, 2.75) is 44.7 Å². The quantitative estimate of drug-likeness (QED) is 0.628. The third-order valence-electron chi connectivity index (χ3n) is 7.33. The molecule has 2 aromatic rings. The lowest BCUT2D eigenvalue weighted by Crippen LogP contribution is -2.57. The molecule has 35 heavy (non-hydrogen) atoms. The van der Waals surface area contributed by atoms with Gasteiger partial charge in [0, 0.05) is 56.7 Å². The highest BCUT2D eigenvalue weighted by molar-refractivity contribution is 6.08. The highest BCUT2D eigenvalue weighted by atomic mass is 16.2. The standard InChI is InChI=1S/C27H35N5O3/c1-16-6-7-18(25(33)30-27(35)29-20-8-10-21(11-9-20)31(3)4)13-22(16)23-14-19-15-28-17(2)12-24(19)32(5)26(23)34/h6-11,13,17,19,23-24,28H,12,14-15H2,1-5H3,(H2,29,30,33,35). The number of benzene rings is 2. The lowest BCUT2D eigenvalue weighted by Gasteiger charge is -2.47. The minimum atomic E-state index is -0.603. The van der Waals surface area contributed by atoms with Crippen LogP contribution in [0.15, 0.2) is 42.5 Å². The molecule has 2 aliphatic rings. The number of likely N-dealkylation sites (tertiary alicyclic amines) is 1. The first-order valence-corrected chi connectivity index (χ1v) is 12.1. The average Bonchev–Trinajstić information content (AvgIpc) is 2.82. The van der Waals surface area contributed by atoms with Crippen molar-refractivity contribution in [2.75, 3.05) is 37.9 Å². The Morgan fingerprint density at radius 1 is 1.09 bits per heavy atom. The first-order chi connectivity index (χ1) is 16.6. The van der Waals surface area contributed by atoms with Gasteiger partial charge in [0.1, 0.15) is 0 Å². The molecule has 8 heteroatoms. The zero-order valence-electron chi connectivity index (χ0n) is 21.1. The average molecular weight is 478 g/mol. The molecular formula is C27H35N5O3. The third-order valence-corrected chi connectivity index (χ3v) is 7.33. The van der Waals surface area contributed by atoms with E-state index in [4.69, 9.17) is 0 Å². The fourth-order valence-corrected chi connectivity index (χ4v) is 5.25. The van der Waals surface area contributed by atoms with Gasteiger partial charge in [-0.15, -0.1) is 0 Å². The van der Waals surface area contributed by atoms with Crippen LogP contribution in [0.1, 0.15) is 47.2 Å². The number of hydrogen-bond donors (Lipinski definition) is 3. The summed E-state index contributed by atoms with van der Waals surface area (Å²) in [6, 6.07) is 12.7. The predicted octanol–water partition coefficient (Wildman–Crippen LogP) is 3.34. The smallest absolute Gasteiger partial charge is 0.326 e. The van der Waals surface area contributed by atoms with Gasteiger partial charge in [-0.25, -0.2) is 4.79 Å². The van der Waals surface area contributed by atoms with E-state index in [2.05, 4.69) is 22.9 Å². The Balaban J connectivity index is 1.46. The second-order valence-electron chi connectivity index (χ2n) is 10.0. The Bertz CT molecular complexity index is 1110. The van der Waals surface area contributed by atoms with E-state index in [1.165, 1.54) is 0 Å². The van der Waals surface area contributed by atoms with Crippen molar-refractivity contribution in [3.05, 3.63) is 59.2 Å². The van der Waals surface area contributed by atoms with E-state index in [0.717, 1.165) is 36.2 Å². The van der Waals surface area contributed by atoms with Gasteiger partial charge in [0.25, 0.3) is 5.91 Å².